The minimum Gasteiger partial charge on any atom is -0.395 e. The normalized spacial score (nSPS) is 27.8. The molecule has 1 aliphatic heterocycles. The number of rotatable bonds is 14. The first-order valence-electron chi connectivity index (χ1n) is 15.7. The lowest BCUT2D eigenvalue weighted by Crippen LogP contribution is -2.60. The number of aliphatic hydroxyl groups is 1. The average Bonchev–Trinajstić information content (AvgIpc) is 3.88. The van der Waals surface area contributed by atoms with E-state index in [9.17, 15) is 24.3 Å². The van der Waals surface area contributed by atoms with Crippen LogP contribution in [0.5, 0.6) is 0 Å². The first kappa shape index (κ1) is 33.1. The van der Waals surface area contributed by atoms with E-state index in [2.05, 4.69) is 16.0 Å². The largest absolute Gasteiger partial charge is 0.395 e. The van der Waals surface area contributed by atoms with Crippen molar-refractivity contribution in [1.82, 2.24) is 20.9 Å². The Morgan fingerprint density at radius 2 is 1.53 bits per heavy atom. The minimum absolute atomic E-state index is 0.0615. The molecule has 4 rings (SSSR count). The van der Waals surface area contributed by atoms with Crippen molar-refractivity contribution in [1.29, 1.82) is 0 Å². The average molecular weight is 599 g/mol. The Morgan fingerprint density at radius 1 is 0.953 bits per heavy atom. The number of nitrogens with one attached hydrogen (secondary N) is 3. The Morgan fingerprint density at radius 3 is 2.07 bits per heavy atom. The van der Waals surface area contributed by atoms with Crippen molar-refractivity contribution < 1.29 is 29.0 Å². The van der Waals surface area contributed by atoms with Crippen molar-refractivity contribution >= 4 is 23.5 Å². The number of morpholine rings is 1. The monoisotopic (exact) mass is 598 g/mol. The second-order valence-electron chi connectivity index (χ2n) is 14.1. The smallest absolute Gasteiger partial charge is 0.246 e. The molecule has 3 fully saturated rings. The standard InChI is InChI=1S/C33H50N4O6/c1-21(2)24-17-32(24,29(41)31(5,6)20-38)36-28(40)26(16-23-10-8-7-9-11-23)34-30(42)33(18-25(33)22(3)4)35-27(39)19-37-12-14-43-15-13-37/h7-11,21-22,24-26,38H,12-20H2,1-6H3,(H,34,42)(H,35,39)(H,36,40)/t24-,25-,26-,32?,33?/m0/s1. The number of carbonyl (C=O) groups excluding carboxylic acids is 4. The molecule has 0 spiro atoms. The van der Waals surface area contributed by atoms with Crippen molar-refractivity contribution in [2.75, 3.05) is 39.5 Å². The molecule has 2 unspecified atom stereocenters. The highest BCUT2D eigenvalue weighted by atomic mass is 16.5. The van der Waals surface area contributed by atoms with E-state index in [0.717, 1.165) is 5.56 Å². The molecule has 0 aromatic heterocycles. The molecule has 43 heavy (non-hydrogen) atoms. The molecule has 1 saturated heterocycles. The van der Waals surface area contributed by atoms with E-state index in [1.54, 1.807) is 13.8 Å². The number of hydrogen-bond donors (Lipinski definition) is 4. The summed E-state index contributed by atoms with van der Waals surface area (Å²) < 4.78 is 5.39. The number of aliphatic hydroxyl groups excluding tert-OH is 1. The lowest BCUT2D eigenvalue weighted by Gasteiger charge is -2.31. The topological polar surface area (TPSA) is 137 Å². The van der Waals surface area contributed by atoms with Crippen LogP contribution in [0.1, 0.15) is 59.9 Å². The summed E-state index contributed by atoms with van der Waals surface area (Å²) in [7, 11) is 0. The molecular weight excluding hydrogens is 548 g/mol. The van der Waals surface area contributed by atoms with Gasteiger partial charge in [-0.05, 0) is 42.1 Å². The van der Waals surface area contributed by atoms with Gasteiger partial charge in [0.2, 0.25) is 17.7 Å². The molecule has 238 valence electrons. The highest BCUT2D eigenvalue weighted by molar-refractivity contribution is 6.02. The van der Waals surface area contributed by atoms with E-state index in [1.807, 2.05) is 62.9 Å². The molecular formula is C33H50N4O6. The lowest BCUT2D eigenvalue weighted by atomic mass is 9.81. The third-order valence-corrected chi connectivity index (χ3v) is 9.54. The fourth-order valence-corrected chi connectivity index (χ4v) is 6.69. The number of ketones is 1. The van der Waals surface area contributed by atoms with Gasteiger partial charge in [0.05, 0.1) is 26.4 Å². The Labute approximate surface area is 255 Å². The van der Waals surface area contributed by atoms with Crippen LogP contribution >= 0.6 is 0 Å². The zero-order chi connectivity index (χ0) is 31.6. The minimum atomic E-state index is -1.10. The van der Waals surface area contributed by atoms with E-state index in [0.29, 0.717) is 39.1 Å². The first-order valence-corrected chi connectivity index (χ1v) is 15.7. The molecule has 3 aliphatic rings. The maximum atomic E-state index is 14.0. The Bertz CT molecular complexity index is 1180. The van der Waals surface area contributed by atoms with E-state index < -0.39 is 28.4 Å². The van der Waals surface area contributed by atoms with E-state index in [4.69, 9.17) is 4.74 Å². The van der Waals surface area contributed by atoms with Crippen LogP contribution in [0.2, 0.25) is 0 Å². The van der Waals surface area contributed by atoms with E-state index in [1.165, 1.54) is 0 Å². The van der Waals surface area contributed by atoms with Gasteiger partial charge < -0.3 is 25.8 Å². The lowest BCUT2D eigenvalue weighted by molar-refractivity contribution is -0.138. The fourth-order valence-electron chi connectivity index (χ4n) is 6.69. The summed E-state index contributed by atoms with van der Waals surface area (Å²) in [4.78, 5) is 56.9. The van der Waals surface area contributed by atoms with E-state index >= 15 is 0 Å². The van der Waals surface area contributed by atoms with Crippen LogP contribution in [0.15, 0.2) is 30.3 Å². The first-order chi connectivity index (χ1) is 20.3. The Kier molecular flexibility index (Phi) is 10.0. The van der Waals surface area contributed by atoms with Crippen LogP contribution < -0.4 is 16.0 Å². The number of benzene rings is 1. The second kappa shape index (κ2) is 13.0. The second-order valence-corrected chi connectivity index (χ2v) is 14.1. The van der Waals surface area contributed by atoms with Crippen LogP contribution in [-0.2, 0) is 30.3 Å². The molecule has 1 heterocycles. The number of carbonyl (C=O) groups is 4. The van der Waals surface area contributed by atoms with Gasteiger partial charge in [-0.25, -0.2) is 0 Å². The van der Waals surface area contributed by atoms with Crippen molar-refractivity contribution in [2.45, 2.75) is 77.9 Å². The summed E-state index contributed by atoms with van der Waals surface area (Å²) in [6, 6.07) is 8.45. The molecule has 0 bridgehead atoms. The van der Waals surface area contributed by atoms with Gasteiger partial charge in [-0.2, -0.15) is 0 Å². The summed E-state index contributed by atoms with van der Waals surface area (Å²) in [6.07, 6.45) is 1.21. The van der Waals surface area contributed by atoms with Crippen molar-refractivity contribution in [3.8, 4) is 0 Å². The SMILES string of the molecule is CC(C)[C@@H]1CC1(NC(=O)CN1CCOCC1)C(=O)N[C@@H](Cc1ccccc1)C(=O)NC1(C(=O)C(C)(C)CO)C[C@H]1C(C)C. The van der Waals surface area contributed by atoms with Crippen LogP contribution in [0.25, 0.3) is 0 Å². The molecule has 1 aromatic carbocycles. The van der Waals surface area contributed by atoms with Crippen LogP contribution in [0.4, 0.5) is 0 Å². The number of ether oxygens (including phenoxy) is 1. The molecule has 10 heteroatoms. The van der Waals surface area contributed by atoms with E-state index in [-0.39, 0.29) is 60.8 Å². The number of Topliss-reactive ketones (excluding diaryl/α,β-unsaturated/α-hetero) is 1. The summed E-state index contributed by atoms with van der Waals surface area (Å²) >= 11 is 0. The molecule has 10 nitrogen and oxygen atoms in total. The summed E-state index contributed by atoms with van der Waals surface area (Å²) in [6.45, 7) is 13.8. The summed E-state index contributed by atoms with van der Waals surface area (Å²) in [5.74, 6) is -1.09. The van der Waals surface area contributed by atoms with Gasteiger partial charge in [-0.1, -0.05) is 71.9 Å². The van der Waals surface area contributed by atoms with Crippen molar-refractivity contribution in [3.05, 3.63) is 35.9 Å². The van der Waals surface area contributed by atoms with Gasteiger partial charge >= 0.3 is 0 Å². The highest BCUT2D eigenvalue weighted by Gasteiger charge is 2.65. The molecule has 1 aromatic rings. The maximum absolute atomic E-state index is 14.0. The predicted molar refractivity (Wildman–Crippen MR) is 163 cm³/mol. The van der Waals surface area contributed by atoms with Gasteiger partial charge in [0.25, 0.3) is 0 Å². The zero-order valence-corrected chi connectivity index (χ0v) is 26.6. The molecule has 2 aliphatic carbocycles. The fraction of sp³-hybridized carbons (Fsp3) is 0.697. The van der Waals surface area contributed by atoms with Crippen LogP contribution in [0.3, 0.4) is 0 Å². The third-order valence-electron chi connectivity index (χ3n) is 9.54. The van der Waals surface area contributed by atoms with Gasteiger partial charge in [-0.15, -0.1) is 0 Å². The zero-order valence-electron chi connectivity index (χ0n) is 26.6. The van der Waals surface area contributed by atoms with Gasteiger partial charge in [0, 0.05) is 24.9 Å². The van der Waals surface area contributed by atoms with Crippen molar-refractivity contribution in [2.24, 2.45) is 29.1 Å². The Hall–Kier alpha value is -2.82. The number of nitrogens with zero attached hydrogens (tertiary/aromatic N) is 1. The van der Waals surface area contributed by atoms with Gasteiger partial charge in [-0.3, -0.25) is 24.1 Å². The third kappa shape index (κ3) is 7.29. The Balaban J connectivity index is 1.56. The predicted octanol–water partition coefficient (Wildman–Crippen LogP) is 1.70. The van der Waals surface area contributed by atoms with Gasteiger partial charge in [0.15, 0.2) is 5.78 Å². The van der Waals surface area contributed by atoms with Crippen LogP contribution in [-0.4, -0.2) is 90.1 Å². The molecule has 4 N–H and O–H groups in total. The van der Waals surface area contributed by atoms with Gasteiger partial charge in [0.1, 0.15) is 17.1 Å². The summed E-state index contributed by atoms with van der Waals surface area (Å²) in [5, 5.41) is 19.0. The quantitative estimate of drug-likeness (QED) is 0.256. The molecule has 5 atom stereocenters. The molecule has 0 radical (unpaired) electrons. The van der Waals surface area contributed by atoms with Crippen molar-refractivity contribution in [3.63, 3.8) is 0 Å². The maximum Gasteiger partial charge on any atom is 0.246 e. The number of amides is 3. The molecule has 2 saturated carbocycles. The number of hydrogen-bond acceptors (Lipinski definition) is 7. The van der Waals surface area contributed by atoms with Crippen LogP contribution in [0, 0.1) is 29.1 Å². The molecule has 3 amide bonds. The summed E-state index contributed by atoms with van der Waals surface area (Å²) in [5.41, 5.74) is -2.36. The highest BCUT2D eigenvalue weighted by Crippen LogP contribution is 2.52.